The van der Waals surface area contributed by atoms with Gasteiger partial charge >= 0.3 is 0 Å². The van der Waals surface area contributed by atoms with Crippen molar-refractivity contribution in [3.63, 3.8) is 0 Å². The third-order valence-electron chi connectivity index (χ3n) is 17.7. The molecule has 17 nitrogen and oxygen atoms in total. The maximum absolute atomic E-state index is 13.9. The Labute approximate surface area is 497 Å². The topological polar surface area (TPSA) is 203 Å². The van der Waals surface area contributed by atoms with E-state index in [2.05, 4.69) is 86.8 Å². The number of anilines is 4. The standard InChI is InChI=1S/C65H84N8O9S2/c1-64(2)52-23-11-14-26-56(52)71(38-19-20-46-83(77,78)79)59(64)28-7-5-8-29-60-65(3,4)53-47-50(84(80,81)82)31-32-57(53)72(60)37-17-6-9-30-61(74)66-35-41-69-44-42-68(43-45-69)36-18-16-21-49-33-39-70(40-34-49)48-62(75)73-55-25-13-10-22-51(55)63(76)67-54-24-12-15-27-58(54)73/h5,7-8,10-15,22-29,31-32,47,49H,6,9,16-21,30,33-46,48H2,1-4H3,(H3-,66,67,74,76,77,78,79,80,81,82)/p+1. The molecule has 2 saturated heterocycles. The van der Waals surface area contributed by atoms with Gasteiger partial charge in [0.25, 0.3) is 26.1 Å². The molecular formula is C65H85N8O9S2+. The number of amides is 3. The molecule has 0 bridgehead atoms. The number of likely N-dealkylation sites (tertiary alicyclic amines) is 1. The normalized spacial score (nSPS) is 19.0. The zero-order valence-electron chi connectivity index (χ0n) is 49.3. The third-order valence-corrected chi connectivity index (χ3v) is 19.3. The lowest BCUT2D eigenvalue weighted by molar-refractivity contribution is -0.438. The van der Waals surface area contributed by atoms with E-state index in [4.69, 9.17) is 0 Å². The first-order valence-corrected chi connectivity index (χ1v) is 33.1. The minimum Gasteiger partial charge on any atom is -0.355 e. The second-order valence-corrected chi connectivity index (χ2v) is 27.2. The van der Waals surface area contributed by atoms with Crippen LogP contribution in [0.25, 0.3) is 0 Å². The van der Waals surface area contributed by atoms with Gasteiger partial charge in [0.2, 0.25) is 17.5 Å². The number of benzene rings is 4. The van der Waals surface area contributed by atoms with Crippen LogP contribution in [0.15, 0.2) is 132 Å². The van der Waals surface area contributed by atoms with Gasteiger partial charge < -0.3 is 20.4 Å². The predicted octanol–water partition coefficient (Wildman–Crippen LogP) is 9.88. The Bertz CT molecular complexity index is 3390. The van der Waals surface area contributed by atoms with Crippen molar-refractivity contribution in [3.8, 4) is 0 Å². The number of allylic oxidation sites excluding steroid dienone is 6. The van der Waals surface area contributed by atoms with Gasteiger partial charge in [-0.1, -0.05) is 93.8 Å². The van der Waals surface area contributed by atoms with Crippen molar-refractivity contribution in [1.29, 1.82) is 0 Å². The molecule has 0 saturated carbocycles. The first kappa shape index (κ1) is 62.2. The molecule has 5 heterocycles. The van der Waals surface area contributed by atoms with Crippen molar-refractivity contribution < 1.29 is 44.9 Å². The van der Waals surface area contributed by atoms with Crippen molar-refractivity contribution in [2.24, 2.45) is 5.92 Å². The smallest absolute Gasteiger partial charge is 0.294 e. The molecular weight excluding hydrogens is 1100 g/mol. The lowest BCUT2D eigenvalue weighted by atomic mass is 9.81. The lowest BCUT2D eigenvalue weighted by Gasteiger charge is -2.35. The summed E-state index contributed by atoms with van der Waals surface area (Å²) in [6.07, 6.45) is 19.6. The Balaban J connectivity index is 0.674. The zero-order valence-corrected chi connectivity index (χ0v) is 51.0. The molecule has 0 aromatic heterocycles. The molecule has 5 aliphatic rings. The number of nitrogens with one attached hydrogen (secondary N) is 2. The Hall–Kier alpha value is -6.32. The molecule has 0 aliphatic carbocycles. The molecule has 4 N–H and O–H groups in total. The van der Waals surface area contributed by atoms with Gasteiger partial charge in [-0.15, -0.1) is 0 Å². The molecule has 3 amide bonds. The van der Waals surface area contributed by atoms with Gasteiger partial charge in [0.1, 0.15) is 6.54 Å². The maximum Gasteiger partial charge on any atom is 0.294 e. The molecule has 0 spiro atoms. The number of piperidine rings is 1. The van der Waals surface area contributed by atoms with E-state index >= 15 is 0 Å². The number of fused-ring (bicyclic) bond motifs is 4. The van der Waals surface area contributed by atoms with E-state index < -0.39 is 25.7 Å². The maximum atomic E-state index is 13.9. The zero-order chi connectivity index (χ0) is 59.7. The summed E-state index contributed by atoms with van der Waals surface area (Å²) in [5.74, 6) is 0.200. The molecule has 19 heteroatoms. The van der Waals surface area contributed by atoms with Crippen LogP contribution in [0.3, 0.4) is 0 Å². The second kappa shape index (κ2) is 27.4. The molecule has 450 valence electrons. The van der Waals surface area contributed by atoms with Crippen molar-refractivity contribution in [2.75, 3.05) is 99.4 Å². The number of piperazine rings is 1. The third kappa shape index (κ3) is 15.2. The Morgan fingerprint density at radius 1 is 0.690 bits per heavy atom. The van der Waals surface area contributed by atoms with Crippen LogP contribution in [-0.2, 0) is 40.7 Å². The van der Waals surface area contributed by atoms with Crippen molar-refractivity contribution >= 4 is 72.1 Å². The highest BCUT2D eigenvalue weighted by atomic mass is 32.2. The van der Waals surface area contributed by atoms with Crippen molar-refractivity contribution in [1.82, 2.24) is 20.0 Å². The first-order chi connectivity index (χ1) is 40.2. The van der Waals surface area contributed by atoms with Crippen LogP contribution in [-0.4, -0.2) is 153 Å². The Morgan fingerprint density at radius 3 is 2.13 bits per heavy atom. The Kier molecular flexibility index (Phi) is 20.3. The number of hydrogen-bond donors (Lipinski definition) is 4. The van der Waals surface area contributed by atoms with Crippen LogP contribution in [0, 0.1) is 5.92 Å². The summed E-state index contributed by atoms with van der Waals surface area (Å²) >= 11 is 0. The van der Waals surface area contributed by atoms with Gasteiger partial charge in [0, 0.05) is 93.2 Å². The fourth-order valence-electron chi connectivity index (χ4n) is 12.9. The SMILES string of the molecule is CC1(C)C(/C=C/C=C/C=C2/N(CCCCCC(=O)NCCN3CCN(CCCCC4CCN(CC(=O)N5c6ccccc6NC(=O)c6ccccc65)CC4)CC3)c3ccc(S(=O)(=O)O)cc3C2(C)C)=[N+](CCCCS(=O)(=O)O)c2ccccc21. The van der Waals surface area contributed by atoms with Crippen LogP contribution < -0.4 is 20.4 Å². The molecule has 4 aromatic rings. The molecule has 0 unspecified atom stereocenters. The molecule has 0 atom stereocenters. The summed E-state index contributed by atoms with van der Waals surface area (Å²) in [6, 6.07) is 27.8. The second-order valence-electron chi connectivity index (χ2n) is 24.2. The molecule has 5 aliphatic heterocycles. The quantitative estimate of drug-likeness (QED) is 0.0212. The summed E-state index contributed by atoms with van der Waals surface area (Å²) in [6.45, 7) is 18.4. The summed E-state index contributed by atoms with van der Waals surface area (Å²) in [4.78, 5) is 51.0. The number of nitrogens with zero attached hydrogens (tertiary/aromatic N) is 6. The highest BCUT2D eigenvalue weighted by molar-refractivity contribution is 7.86. The number of hydrogen-bond acceptors (Lipinski definition) is 11. The van der Waals surface area contributed by atoms with Gasteiger partial charge in [0.15, 0.2) is 5.71 Å². The lowest BCUT2D eigenvalue weighted by Crippen LogP contribution is -2.48. The van der Waals surface area contributed by atoms with E-state index in [0.717, 1.165) is 113 Å². The highest BCUT2D eigenvalue weighted by Crippen LogP contribution is 2.49. The molecule has 84 heavy (non-hydrogen) atoms. The summed E-state index contributed by atoms with van der Waals surface area (Å²) in [5.41, 5.74) is 7.53. The largest absolute Gasteiger partial charge is 0.355 e. The number of para-hydroxylation sites is 4. The predicted molar refractivity (Wildman–Crippen MR) is 333 cm³/mol. The fraction of sp³-hybridized carbons (Fsp3) is 0.477. The van der Waals surface area contributed by atoms with Gasteiger partial charge in [-0.05, 0) is 132 Å². The highest BCUT2D eigenvalue weighted by Gasteiger charge is 2.44. The number of carbonyl (C=O) groups is 3. The number of unbranched alkanes of at least 4 members (excludes halogenated alkanes) is 4. The number of rotatable bonds is 25. The van der Waals surface area contributed by atoms with Gasteiger partial charge in [-0.3, -0.25) is 38.2 Å². The van der Waals surface area contributed by atoms with E-state index in [-0.39, 0.29) is 33.8 Å². The molecule has 2 fully saturated rings. The summed E-state index contributed by atoms with van der Waals surface area (Å²) in [7, 11) is -8.46. The molecule has 0 radical (unpaired) electrons. The van der Waals surface area contributed by atoms with Gasteiger partial charge in [0.05, 0.1) is 45.2 Å². The van der Waals surface area contributed by atoms with E-state index in [1.165, 1.54) is 30.9 Å². The Morgan fingerprint density at radius 2 is 1.38 bits per heavy atom. The van der Waals surface area contributed by atoms with Crippen LogP contribution in [0.2, 0.25) is 0 Å². The monoisotopic (exact) mass is 1190 g/mol. The molecule has 9 rings (SSSR count). The van der Waals surface area contributed by atoms with Crippen LogP contribution in [0.4, 0.5) is 28.4 Å². The van der Waals surface area contributed by atoms with Crippen LogP contribution in [0.5, 0.6) is 0 Å². The van der Waals surface area contributed by atoms with E-state index in [0.29, 0.717) is 74.0 Å². The summed E-state index contributed by atoms with van der Waals surface area (Å²) < 4.78 is 68.8. The van der Waals surface area contributed by atoms with E-state index in [1.807, 2.05) is 72.8 Å². The molecule has 4 aromatic carbocycles. The average molecular weight is 1190 g/mol. The van der Waals surface area contributed by atoms with Crippen molar-refractivity contribution in [2.45, 2.75) is 114 Å². The fourth-order valence-corrected chi connectivity index (χ4v) is 14.0. The number of carbonyl (C=O) groups excluding carboxylic acids is 3. The van der Waals surface area contributed by atoms with Crippen molar-refractivity contribution in [3.05, 3.63) is 144 Å². The van der Waals surface area contributed by atoms with E-state index in [1.54, 1.807) is 23.1 Å². The van der Waals surface area contributed by atoms with Crippen LogP contribution in [0.1, 0.15) is 120 Å². The van der Waals surface area contributed by atoms with Gasteiger partial charge in [-0.25, -0.2) is 0 Å². The average Bonchev–Trinajstić information content (AvgIpc) is 1.97. The van der Waals surface area contributed by atoms with Gasteiger partial charge in [-0.2, -0.15) is 21.4 Å². The van der Waals surface area contributed by atoms with Crippen LogP contribution >= 0.6 is 0 Å². The summed E-state index contributed by atoms with van der Waals surface area (Å²) in [5, 5.41) is 6.12. The minimum absolute atomic E-state index is 0.0329. The minimum atomic E-state index is -4.42. The first-order valence-electron chi connectivity index (χ1n) is 30.1. The van der Waals surface area contributed by atoms with E-state index in [9.17, 15) is 40.3 Å².